The van der Waals surface area contributed by atoms with Crippen molar-refractivity contribution in [1.29, 1.82) is 5.26 Å². The lowest BCUT2D eigenvalue weighted by Gasteiger charge is -2.09. The summed E-state index contributed by atoms with van der Waals surface area (Å²) in [6.07, 6.45) is 3.29. The Morgan fingerprint density at radius 2 is 2.17 bits per heavy atom. The minimum absolute atomic E-state index is 0.341. The zero-order valence-electron chi connectivity index (χ0n) is 9.81. The Hall–Kier alpha value is -2.12. The number of rotatable bonds is 3. The third-order valence-electron chi connectivity index (χ3n) is 2.55. The Balaban J connectivity index is 2.17. The highest BCUT2D eigenvalue weighted by molar-refractivity contribution is 6.34. The van der Waals surface area contributed by atoms with E-state index in [-0.39, 0.29) is 0 Å². The smallest absolute Gasteiger partial charge is 0.146 e. The van der Waals surface area contributed by atoms with Crippen LogP contribution in [0.2, 0.25) is 5.02 Å². The van der Waals surface area contributed by atoms with Crippen LogP contribution in [0.1, 0.15) is 16.8 Å². The summed E-state index contributed by atoms with van der Waals surface area (Å²) in [6.45, 7) is 2.51. The van der Waals surface area contributed by atoms with E-state index in [4.69, 9.17) is 16.9 Å². The fourth-order valence-corrected chi connectivity index (χ4v) is 1.75. The molecule has 0 aliphatic heterocycles. The summed E-state index contributed by atoms with van der Waals surface area (Å²) >= 11 is 6.05. The van der Waals surface area contributed by atoms with Crippen LogP contribution >= 0.6 is 11.6 Å². The lowest BCUT2D eigenvalue weighted by molar-refractivity contribution is 1.01. The second-order valence-corrected chi connectivity index (χ2v) is 4.13. The number of aromatic nitrogens is 2. The second-order valence-electron chi connectivity index (χ2n) is 3.75. The van der Waals surface area contributed by atoms with Crippen LogP contribution < -0.4 is 5.32 Å². The minimum Gasteiger partial charge on any atom is -0.363 e. The van der Waals surface area contributed by atoms with Crippen molar-refractivity contribution in [1.82, 2.24) is 9.97 Å². The van der Waals surface area contributed by atoms with E-state index < -0.39 is 0 Å². The molecule has 0 amide bonds. The van der Waals surface area contributed by atoms with E-state index in [1.54, 1.807) is 18.5 Å². The molecule has 0 saturated carbocycles. The topological polar surface area (TPSA) is 61.6 Å². The summed E-state index contributed by atoms with van der Waals surface area (Å²) in [6, 6.07) is 7.48. The highest BCUT2D eigenvalue weighted by Gasteiger charge is 2.07. The van der Waals surface area contributed by atoms with Gasteiger partial charge in [-0.3, -0.25) is 4.98 Å². The largest absolute Gasteiger partial charge is 0.363 e. The molecule has 0 aliphatic carbocycles. The molecule has 2 heterocycles. The van der Waals surface area contributed by atoms with Crippen LogP contribution in [0.4, 0.5) is 5.82 Å². The number of aryl methyl sites for hydroxylation is 1. The van der Waals surface area contributed by atoms with E-state index in [1.807, 2.05) is 25.1 Å². The average Bonchev–Trinajstić information content (AvgIpc) is 2.39. The zero-order chi connectivity index (χ0) is 13.0. The lowest BCUT2D eigenvalue weighted by atomic mass is 10.2. The summed E-state index contributed by atoms with van der Waals surface area (Å²) in [5, 5.41) is 12.3. The van der Waals surface area contributed by atoms with Gasteiger partial charge in [0.15, 0.2) is 0 Å². The first kappa shape index (κ1) is 12.3. The molecule has 0 aromatic carbocycles. The average molecular weight is 259 g/mol. The monoisotopic (exact) mass is 258 g/mol. The number of hydrogen-bond donors (Lipinski definition) is 1. The summed E-state index contributed by atoms with van der Waals surface area (Å²) in [7, 11) is 0. The Labute approximate surface area is 110 Å². The molecule has 18 heavy (non-hydrogen) atoms. The number of halogens is 1. The van der Waals surface area contributed by atoms with E-state index in [9.17, 15) is 0 Å². The van der Waals surface area contributed by atoms with Crippen LogP contribution in [0.3, 0.4) is 0 Å². The van der Waals surface area contributed by atoms with Gasteiger partial charge in [-0.05, 0) is 24.6 Å². The van der Waals surface area contributed by atoms with Gasteiger partial charge in [-0.25, -0.2) is 4.98 Å². The van der Waals surface area contributed by atoms with Crippen LogP contribution in [0, 0.1) is 18.3 Å². The van der Waals surface area contributed by atoms with Gasteiger partial charge < -0.3 is 5.32 Å². The van der Waals surface area contributed by atoms with E-state index in [0.717, 1.165) is 11.3 Å². The van der Waals surface area contributed by atoms with Crippen molar-refractivity contribution < 1.29 is 0 Å². The summed E-state index contributed by atoms with van der Waals surface area (Å²) < 4.78 is 0. The van der Waals surface area contributed by atoms with Crippen LogP contribution in [0.25, 0.3) is 0 Å². The van der Waals surface area contributed by atoms with Crippen molar-refractivity contribution in [2.45, 2.75) is 13.5 Å². The first-order valence-corrected chi connectivity index (χ1v) is 5.79. The lowest BCUT2D eigenvalue weighted by Crippen LogP contribution is -2.05. The van der Waals surface area contributed by atoms with Crippen LogP contribution in [0.5, 0.6) is 0 Å². The first-order valence-electron chi connectivity index (χ1n) is 5.41. The molecule has 0 radical (unpaired) electrons. The SMILES string of the molecule is Cc1cccnc1CNc1nccc(C#N)c1Cl. The third kappa shape index (κ3) is 2.58. The van der Waals surface area contributed by atoms with Gasteiger partial charge in [-0.2, -0.15) is 5.26 Å². The summed E-state index contributed by atoms with van der Waals surface area (Å²) in [4.78, 5) is 8.38. The van der Waals surface area contributed by atoms with Crippen molar-refractivity contribution in [3.05, 3.63) is 52.4 Å². The molecule has 2 rings (SSSR count). The molecule has 5 heteroatoms. The number of nitrogens with one attached hydrogen (secondary N) is 1. The predicted molar refractivity (Wildman–Crippen MR) is 70.3 cm³/mol. The second kappa shape index (κ2) is 5.48. The maximum absolute atomic E-state index is 8.87. The fraction of sp³-hybridized carbons (Fsp3) is 0.154. The van der Waals surface area contributed by atoms with E-state index in [2.05, 4.69) is 15.3 Å². The maximum Gasteiger partial charge on any atom is 0.146 e. The molecule has 90 valence electrons. The van der Waals surface area contributed by atoms with Gasteiger partial charge in [0.2, 0.25) is 0 Å². The summed E-state index contributed by atoms with van der Waals surface area (Å²) in [5.41, 5.74) is 2.43. The van der Waals surface area contributed by atoms with Gasteiger partial charge in [0, 0.05) is 12.4 Å². The number of hydrogen-bond acceptors (Lipinski definition) is 4. The fourth-order valence-electron chi connectivity index (χ4n) is 1.52. The molecule has 0 unspecified atom stereocenters. The molecule has 2 aromatic heterocycles. The highest BCUT2D eigenvalue weighted by Crippen LogP contribution is 2.23. The van der Waals surface area contributed by atoms with Gasteiger partial charge in [-0.15, -0.1) is 0 Å². The predicted octanol–water partition coefficient (Wildman–Crippen LogP) is 2.92. The summed E-state index contributed by atoms with van der Waals surface area (Å²) in [5.74, 6) is 0.501. The van der Waals surface area contributed by atoms with E-state index >= 15 is 0 Å². The molecule has 0 fully saturated rings. The van der Waals surface area contributed by atoms with Gasteiger partial charge >= 0.3 is 0 Å². The maximum atomic E-state index is 8.87. The number of nitrogens with zero attached hydrogens (tertiary/aromatic N) is 3. The molecule has 0 atom stereocenters. The van der Waals surface area contributed by atoms with E-state index in [1.165, 1.54) is 0 Å². The Kier molecular flexibility index (Phi) is 3.75. The highest BCUT2D eigenvalue weighted by atomic mass is 35.5. The number of pyridine rings is 2. The standard InChI is InChI=1S/C13H11ClN4/c1-9-3-2-5-16-11(9)8-18-13-12(14)10(7-15)4-6-17-13/h2-6H,8H2,1H3,(H,17,18). The van der Waals surface area contributed by atoms with E-state index in [0.29, 0.717) is 22.9 Å². The minimum atomic E-state index is 0.341. The molecule has 0 saturated heterocycles. The van der Waals surface area contributed by atoms with Crippen LogP contribution in [-0.2, 0) is 6.54 Å². The van der Waals surface area contributed by atoms with Crippen molar-refractivity contribution in [2.24, 2.45) is 0 Å². The van der Waals surface area contributed by atoms with Crippen LogP contribution in [-0.4, -0.2) is 9.97 Å². The molecular formula is C13H11ClN4. The Bertz CT molecular complexity index is 604. The number of nitriles is 1. The van der Waals surface area contributed by atoms with Crippen molar-refractivity contribution in [2.75, 3.05) is 5.32 Å². The third-order valence-corrected chi connectivity index (χ3v) is 2.93. The molecule has 4 nitrogen and oxygen atoms in total. The van der Waals surface area contributed by atoms with Gasteiger partial charge in [0.05, 0.1) is 17.8 Å². The van der Waals surface area contributed by atoms with Crippen molar-refractivity contribution >= 4 is 17.4 Å². The molecule has 0 bridgehead atoms. The van der Waals surface area contributed by atoms with Gasteiger partial charge in [-0.1, -0.05) is 17.7 Å². The Morgan fingerprint density at radius 3 is 2.89 bits per heavy atom. The molecule has 1 N–H and O–H groups in total. The van der Waals surface area contributed by atoms with Gasteiger partial charge in [0.1, 0.15) is 16.9 Å². The van der Waals surface area contributed by atoms with Crippen molar-refractivity contribution in [3.8, 4) is 6.07 Å². The number of anilines is 1. The van der Waals surface area contributed by atoms with Crippen molar-refractivity contribution in [3.63, 3.8) is 0 Å². The van der Waals surface area contributed by atoms with Crippen LogP contribution in [0.15, 0.2) is 30.6 Å². The molecular weight excluding hydrogens is 248 g/mol. The normalized spacial score (nSPS) is 9.83. The zero-order valence-corrected chi connectivity index (χ0v) is 10.6. The quantitative estimate of drug-likeness (QED) is 0.920. The van der Waals surface area contributed by atoms with Gasteiger partial charge in [0.25, 0.3) is 0 Å². The molecule has 2 aromatic rings. The molecule has 0 aliphatic rings. The molecule has 0 spiro atoms. The Morgan fingerprint density at radius 1 is 1.33 bits per heavy atom. The first-order chi connectivity index (χ1) is 8.72.